The molecule has 0 atom stereocenters. The number of benzene rings is 1. The predicted octanol–water partition coefficient (Wildman–Crippen LogP) is 1.51. The number of amides is 1. The minimum atomic E-state index is -2.94. The molecular weight excluding hydrogens is 262 g/mol. The first-order chi connectivity index (χ1) is 9.06. The number of nitrogens with two attached hydrogens (primary N) is 1. The highest BCUT2D eigenvalue weighted by molar-refractivity contribution is 6.05. The molecule has 0 radical (unpaired) electrons. The van der Waals surface area contributed by atoms with Gasteiger partial charge in [0.05, 0.1) is 0 Å². The van der Waals surface area contributed by atoms with Crippen molar-refractivity contribution >= 4 is 17.4 Å². The van der Waals surface area contributed by atoms with Crippen molar-refractivity contribution < 1.29 is 22.9 Å². The molecule has 0 unspecified atom stereocenters. The maximum absolute atomic E-state index is 12.0. The van der Waals surface area contributed by atoms with Gasteiger partial charge in [0, 0.05) is 11.8 Å². The Morgan fingerprint density at radius 1 is 1.42 bits per heavy atom. The van der Waals surface area contributed by atoms with Crippen LogP contribution in [0.5, 0.6) is 5.75 Å². The summed E-state index contributed by atoms with van der Waals surface area (Å²) in [6, 6.07) is 5.49. The van der Waals surface area contributed by atoms with Crippen LogP contribution < -0.4 is 15.8 Å². The zero-order valence-corrected chi connectivity index (χ0v) is 9.34. The molecular formula is C10H8F2N4O3. The summed E-state index contributed by atoms with van der Waals surface area (Å²) < 4.78 is 32.5. The van der Waals surface area contributed by atoms with Gasteiger partial charge in [-0.3, -0.25) is 4.79 Å². The first kappa shape index (κ1) is 12.7. The summed E-state index contributed by atoms with van der Waals surface area (Å²) in [5.74, 6) is -0.926. The number of rotatable bonds is 4. The van der Waals surface area contributed by atoms with Gasteiger partial charge in [-0.05, 0) is 22.4 Å². The van der Waals surface area contributed by atoms with Crippen molar-refractivity contribution in [3.63, 3.8) is 0 Å². The highest BCUT2D eigenvalue weighted by Crippen LogP contribution is 2.20. The lowest BCUT2D eigenvalue weighted by Gasteiger charge is -2.07. The zero-order valence-electron chi connectivity index (χ0n) is 9.34. The van der Waals surface area contributed by atoms with E-state index in [4.69, 9.17) is 5.73 Å². The van der Waals surface area contributed by atoms with E-state index in [1.807, 2.05) is 0 Å². The average Bonchev–Trinajstić information content (AvgIpc) is 2.75. The summed E-state index contributed by atoms with van der Waals surface area (Å²) >= 11 is 0. The molecule has 2 rings (SSSR count). The molecule has 100 valence electrons. The van der Waals surface area contributed by atoms with E-state index in [2.05, 4.69) is 25.0 Å². The fourth-order valence-electron chi connectivity index (χ4n) is 1.29. The summed E-state index contributed by atoms with van der Waals surface area (Å²) in [6.45, 7) is -2.94. The largest absolute Gasteiger partial charge is 0.435 e. The second kappa shape index (κ2) is 5.29. The van der Waals surface area contributed by atoms with E-state index in [1.54, 1.807) is 0 Å². The zero-order chi connectivity index (χ0) is 13.8. The van der Waals surface area contributed by atoms with Crippen LogP contribution in [0.4, 0.5) is 20.3 Å². The van der Waals surface area contributed by atoms with Crippen molar-refractivity contribution in [3.05, 3.63) is 30.0 Å². The van der Waals surface area contributed by atoms with Gasteiger partial charge in [-0.1, -0.05) is 6.07 Å². The number of anilines is 2. The van der Waals surface area contributed by atoms with E-state index in [-0.39, 0.29) is 22.9 Å². The van der Waals surface area contributed by atoms with Gasteiger partial charge in [-0.15, -0.1) is 0 Å². The molecule has 9 heteroatoms. The Balaban J connectivity index is 2.11. The van der Waals surface area contributed by atoms with Crippen LogP contribution >= 0.6 is 0 Å². The molecule has 2 aromatic rings. The first-order valence-corrected chi connectivity index (χ1v) is 5.00. The SMILES string of the molecule is Nc1nonc1C(=O)Nc1cccc(OC(F)F)c1. The van der Waals surface area contributed by atoms with Gasteiger partial charge in [-0.2, -0.15) is 8.78 Å². The van der Waals surface area contributed by atoms with Crippen molar-refractivity contribution in [2.75, 3.05) is 11.1 Å². The monoisotopic (exact) mass is 270 g/mol. The van der Waals surface area contributed by atoms with Crippen LogP contribution in [0.2, 0.25) is 0 Å². The van der Waals surface area contributed by atoms with Crippen molar-refractivity contribution in [1.82, 2.24) is 10.3 Å². The number of halogens is 2. The second-order valence-electron chi connectivity index (χ2n) is 3.36. The maximum atomic E-state index is 12.0. The van der Waals surface area contributed by atoms with E-state index in [0.29, 0.717) is 0 Å². The lowest BCUT2D eigenvalue weighted by Crippen LogP contribution is -2.14. The van der Waals surface area contributed by atoms with E-state index < -0.39 is 12.5 Å². The number of aromatic nitrogens is 2. The third-order valence-corrected chi connectivity index (χ3v) is 2.05. The Kier molecular flexibility index (Phi) is 3.55. The van der Waals surface area contributed by atoms with Crippen LogP contribution in [0.15, 0.2) is 28.9 Å². The number of nitrogen functional groups attached to an aromatic ring is 1. The number of carbonyl (C=O) groups is 1. The molecule has 7 nitrogen and oxygen atoms in total. The van der Waals surface area contributed by atoms with Crippen molar-refractivity contribution in [2.24, 2.45) is 0 Å². The summed E-state index contributed by atoms with van der Waals surface area (Å²) in [6.07, 6.45) is 0. The number of hydrogen-bond donors (Lipinski definition) is 2. The standard InChI is InChI=1S/C10H8F2N4O3/c11-10(12)18-6-3-1-2-5(4-6)14-9(17)7-8(13)16-19-15-7/h1-4,10H,(H2,13,16)(H,14,17). The Morgan fingerprint density at radius 2 is 2.21 bits per heavy atom. The molecule has 0 bridgehead atoms. The number of alkyl halides is 2. The van der Waals surface area contributed by atoms with Crippen LogP contribution in [-0.4, -0.2) is 22.8 Å². The molecule has 0 saturated heterocycles. The Bertz CT molecular complexity index is 588. The van der Waals surface area contributed by atoms with E-state index >= 15 is 0 Å². The fourth-order valence-corrected chi connectivity index (χ4v) is 1.29. The molecule has 0 aliphatic heterocycles. The van der Waals surface area contributed by atoms with Crippen molar-refractivity contribution in [3.8, 4) is 5.75 Å². The number of carbonyl (C=O) groups excluding carboxylic acids is 1. The molecule has 1 aromatic carbocycles. The summed E-state index contributed by atoms with van der Waals surface area (Å²) in [7, 11) is 0. The molecule has 3 N–H and O–H groups in total. The number of nitrogens with zero attached hydrogens (tertiary/aromatic N) is 2. The molecule has 0 aliphatic carbocycles. The topological polar surface area (TPSA) is 103 Å². The molecule has 0 spiro atoms. The summed E-state index contributed by atoms with van der Waals surface area (Å²) in [5, 5.41) is 8.94. The summed E-state index contributed by atoms with van der Waals surface area (Å²) in [4.78, 5) is 11.7. The third-order valence-electron chi connectivity index (χ3n) is 2.05. The molecule has 0 aliphatic rings. The maximum Gasteiger partial charge on any atom is 0.387 e. The van der Waals surface area contributed by atoms with Crippen molar-refractivity contribution in [1.29, 1.82) is 0 Å². The predicted molar refractivity (Wildman–Crippen MR) is 59.7 cm³/mol. The number of nitrogens with one attached hydrogen (secondary N) is 1. The van der Waals surface area contributed by atoms with Crippen LogP contribution in [0.1, 0.15) is 10.5 Å². The highest BCUT2D eigenvalue weighted by Gasteiger charge is 2.16. The van der Waals surface area contributed by atoms with Crippen molar-refractivity contribution in [2.45, 2.75) is 6.61 Å². The van der Waals surface area contributed by atoms with Gasteiger partial charge in [0.2, 0.25) is 11.5 Å². The van der Waals surface area contributed by atoms with E-state index in [0.717, 1.165) is 0 Å². The molecule has 19 heavy (non-hydrogen) atoms. The van der Waals surface area contributed by atoms with Crippen LogP contribution in [-0.2, 0) is 0 Å². The Hall–Kier alpha value is -2.71. The Morgan fingerprint density at radius 3 is 2.84 bits per heavy atom. The third kappa shape index (κ3) is 3.15. The first-order valence-electron chi connectivity index (χ1n) is 5.00. The quantitative estimate of drug-likeness (QED) is 0.872. The minimum absolute atomic E-state index is 0.0842. The van der Waals surface area contributed by atoms with Crippen LogP contribution in [0, 0.1) is 0 Å². The molecule has 0 saturated carbocycles. The van der Waals surface area contributed by atoms with Gasteiger partial charge in [0.1, 0.15) is 5.75 Å². The normalized spacial score (nSPS) is 10.5. The molecule has 1 aromatic heterocycles. The van der Waals surface area contributed by atoms with Gasteiger partial charge in [0.15, 0.2) is 0 Å². The second-order valence-corrected chi connectivity index (χ2v) is 3.36. The lowest BCUT2D eigenvalue weighted by atomic mass is 10.3. The van der Waals surface area contributed by atoms with Gasteiger partial charge in [-0.25, -0.2) is 4.63 Å². The molecule has 1 heterocycles. The number of hydrogen-bond acceptors (Lipinski definition) is 6. The smallest absolute Gasteiger partial charge is 0.387 e. The summed E-state index contributed by atoms with van der Waals surface area (Å²) in [5.41, 5.74) is 5.39. The highest BCUT2D eigenvalue weighted by atomic mass is 19.3. The minimum Gasteiger partial charge on any atom is -0.435 e. The average molecular weight is 270 g/mol. The van der Waals surface area contributed by atoms with Crippen LogP contribution in [0.25, 0.3) is 0 Å². The fraction of sp³-hybridized carbons (Fsp3) is 0.100. The van der Waals surface area contributed by atoms with Crippen LogP contribution in [0.3, 0.4) is 0 Å². The lowest BCUT2D eigenvalue weighted by molar-refractivity contribution is -0.0497. The van der Waals surface area contributed by atoms with E-state index in [1.165, 1.54) is 24.3 Å². The van der Waals surface area contributed by atoms with Gasteiger partial charge < -0.3 is 15.8 Å². The van der Waals surface area contributed by atoms with E-state index in [9.17, 15) is 13.6 Å². The number of ether oxygens (including phenoxy) is 1. The molecule has 1 amide bonds. The van der Waals surface area contributed by atoms with Gasteiger partial charge in [0.25, 0.3) is 5.91 Å². The Labute approximate surface area is 105 Å². The van der Waals surface area contributed by atoms with Gasteiger partial charge >= 0.3 is 6.61 Å². The molecule has 0 fully saturated rings.